The molecule has 3 aliphatic rings. The van der Waals surface area contributed by atoms with Gasteiger partial charge in [0.1, 0.15) is 22.8 Å². The highest BCUT2D eigenvalue weighted by molar-refractivity contribution is 6.24. The fraction of sp³-hybridized carbons (Fsp3) is 0.536. The van der Waals surface area contributed by atoms with Crippen LogP contribution >= 0.6 is 0 Å². The van der Waals surface area contributed by atoms with Crippen molar-refractivity contribution in [3.63, 3.8) is 0 Å². The summed E-state index contributed by atoms with van der Waals surface area (Å²) in [5.74, 6) is -6.46. The number of ketones is 2. The Balaban J connectivity index is 2.00. The average Bonchev–Trinajstić information content (AvgIpc) is 2.85. The lowest BCUT2D eigenvalue weighted by Gasteiger charge is -2.54. The number of rotatable bonds is 9. The van der Waals surface area contributed by atoms with E-state index in [-0.39, 0.29) is 49.5 Å². The van der Waals surface area contributed by atoms with E-state index in [1.165, 1.54) is 11.0 Å². The lowest BCUT2D eigenvalue weighted by Crippen LogP contribution is -2.68. The molecule has 0 bridgehead atoms. The summed E-state index contributed by atoms with van der Waals surface area (Å²) in [6.45, 7) is 0.118. The Hall–Kier alpha value is -3.45. The zero-order chi connectivity index (χ0) is 29.7. The van der Waals surface area contributed by atoms with Gasteiger partial charge in [0, 0.05) is 44.3 Å². The van der Waals surface area contributed by atoms with E-state index in [1.54, 1.807) is 39.2 Å². The number of nitrogens with zero attached hydrogens (tertiary/aromatic N) is 2. The van der Waals surface area contributed by atoms with Crippen LogP contribution < -0.4 is 10.6 Å². The normalized spacial score (nSPS) is 28.0. The standard InChI is InChI=1S/C28H37N3O9/c1-30(2)16-7-8-17(33)18-14(16)11-27(13-40-10-6-5-9-32)12-15-21(31(3)4)23(35)19(26(29)38)24(36)28(15,39)25(37)20(27)22(18)34/h7-8,15,21,32-34,36,39H,5-6,9-13H2,1-4H3,(H2,29,38)/t15-,21-,27-,28+/m0/s1. The number of primary amides is 1. The SMILES string of the molecule is CN(C)c1ccc(O)c2c1C[C@@]1(COCCCCO)C[C@H]3[C@H](N(C)C)C(=O)C(C(N)=O)=C(O)[C@@]3(O)C(=O)C1=C2O. The molecule has 1 saturated carbocycles. The summed E-state index contributed by atoms with van der Waals surface area (Å²) in [7, 11) is 6.69. The minimum absolute atomic E-state index is 0.0159. The monoisotopic (exact) mass is 559 g/mol. The summed E-state index contributed by atoms with van der Waals surface area (Å²) >= 11 is 0. The number of carbonyl (C=O) groups excluding carboxylic acids is 3. The van der Waals surface area contributed by atoms with Crippen LogP contribution in [-0.4, -0.2) is 108 Å². The number of ether oxygens (including phenoxy) is 1. The van der Waals surface area contributed by atoms with E-state index in [4.69, 9.17) is 15.6 Å². The van der Waals surface area contributed by atoms with Gasteiger partial charge in [-0.05, 0) is 57.5 Å². The molecule has 218 valence electrons. The average molecular weight is 560 g/mol. The number of aliphatic hydroxyl groups excluding tert-OH is 3. The second-order valence-corrected chi connectivity index (χ2v) is 11.3. The van der Waals surface area contributed by atoms with Crippen LogP contribution in [0.3, 0.4) is 0 Å². The quantitative estimate of drug-likeness (QED) is 0.179. The molecule has 0 heterocycles. The van der Waals surface area contributed by atoms with Crippen LogP contribution in [0.25, 0.3) is 5.76 Å². The van der Waals surface area contributed by atoms with Crippen LogP contribution in [0.1, 0.15) is 30.4 Å². The van der Waals surface area contributed by atoms with Crippen molar-refractivity contribution in [1.82, 2.24) is 4.90 Å². The van der Waals surface area contributed by atoms with Crippen LogP contribution in [0.2, 0.25) is 0 Å². The highest BCUT2D eigenvalue weighted by atomic mass is 16.5. The van der Waals surface area contributed by atoms with Gasteiger partial charge in [0.05, 0.1) is 23.8 Å². The van der Waals surface area contributed by atoms with Gasteiger partial charge in [0.25, 0.3) is 5.91 Å². The number of anilines is 1. The van der Waals surface area contributed by atoms with Crippen LogP contribution in [0.5, 0.6) is 5.75 Å². The number of aliphatic hydroxyl groups is 4. The van der Waals surface area contributed by atoms with E-state index in [0.717, 1.165) is 0 Å². The van der Waals surface area contributed by atoms with Crippen molar-refractivity contribution < 1.29 is 44.7 Å². The second kappa shape index (κ2) is 10.5. The molecule has 1 fully saturated rings. The molecule has 4 rings (SSSR count). The van der Waals surface area contributed by atoms with Gasteiger partial charge < -0.3 is 40.9 Å². The highest BCUT2D eigenvalue weighted by Gasteiger charge is 2.67. The molecule has 1 aromatic rings. The molecular formula is C28H37N3O9. The maximum absolute atomic E-state index is 14.3. The zero-order valence-electron chi connectivity index (χ0n) is 23.1. The molecule has 0 aliphatic heterocycles. The largest absolute Gasteiger partial charge is 0.508 e. The summed E-state index contributed by atoms with van der Waals surface area (Å²) in [6, 6.07) is 1.86. The number of fused-ring (bicyclic) bond motifs is 3. The van der Waals surface area contributed by atoms with Gasteiger partial charge in [-0.1, -0.05) is 0 Å². The van der Waals surface area contributed by atoms with Gasteiger partial charge in [-0.15, -0.1) is 0 Å². The summed E-state index contributed by atoms with van der Waals surface area (Å²) in [4.78, 5) is 43.2. The molecule has 12 heteroatoms. The molecule has 0 unspecified atom stereocenters. The highest BCUT2D eigenvalue weighted by Crippen LogP contribution is 2.59. The first-order valence-corrected chi connectivity index (χ1v) is 13.1. The van der Waals surface area contributed by atoms with Crippen LogP contribution in [0.15, 0.2) is 29.0 Å². The fourth-order valence-corrected chi connectivity index (χ4v) is 6.60. The van der Waals surface area contributed by atoms with E-state index in [1.807, 2.05) is 0 Å². The lowest BCUT2D eigenvalue weighted by atomic mass is 9.51. The second-order valence-electron chi connectivity index (χ2n) is 11.3. The number of unbranched alkanes of at least 4 members (excludes halogenated alkanes) is 1. The molecule has 1 aromatic carbocycles. The van der Waals surface area contributed by atoms with Gasteiger partial charge in [0.15, 0.2) is 11.4 Å². The van der Waals surface area contributed by atoms with E-state index < -0.39 is 57.5 Å². The minimum atomic E-state index is -2.75. The van der Waals surface area contributed by atoms with Crippen molar-refractivity contribution in [3.05, 3.63) is 40.2 Å². The number of hydrogen-bond donors (Lipinski definition) is 6. The molecule has 12 nitrogen and oxygen atoms in total. The number of carbonyl (C=O) groups is 3. The molecule has 1 amide bonds. The number of benzene rings is 1. The Kier molecular flexibility index (Phi) is 7.76. The lowest BCUT2D eigenvalue weighted by molar-refractivity contribution is -0.159. The number of nitrogens with two attached hydrogens (primary N) is 1. The third kappa shape index (κ3) is 4.26. The molecule has 4 atom stereocenters. The molecule has 0 aromatic heterocycles. The maximum Gasteiger partial charge on any atom is 0.255 e. The molecule has 7 N–H and O–H groups in total. The van der Waals surface area contributed by atoms with Crippen molar-refractivity contribution in [3.8, 4) is 5.75 Å². The number of likely N-dealkylation sites (N-methyl/N-ethyl adjacent to an activating group) is 1. The van der Waals surface area contributed by atoms with E-state index in [0.29, 0.717) is 24.1 Å². The fourth-order valence-electron chi connectivity index (χ4n) is 6.60. The number of Topliss-reactive ketones (excluding diaryl/α,β-unsaturated/α-hetero) is 2. The number of amides is 1. The third-order valence-corrected chi connectivity index (χ3v) is 8.36. The Morgan fingerprint density at radius 3 is 2.38 bits per heavy atom. The molecule has 0 saturated heterocycles. The van der Waals surface area contributed by atoms with Gasteiger partial charge in [-0.3, -0.25) is 19.3 Å². The minimum Gasteiger partial charge on any atom is -0.508 e. The molecule has 40 heavy (non-hydrogen) atoms. The Labute approximate surface area is 231 Å². The first kappa shape index (κ1) is 29.5. The van der Waals surface area contributed by atoms with Crippen molar-refractivity contribution in [2.24, 2.45) is 17.1 Å². The molecular weight excluding hydrogens is 522 g/mol. The molecule has 0 spiro atoms. The topological polar surface area (TPSA) is 194 Å². The van der Waals surface area contributed by atoms with E-state index >= 15 is 0 Å². The summed E-state index contributed by atoms with van der Waals surface area (Å²) in [5, 5.41) is 54.6. The van der Waals surface area contributed by atoms with Gasteiger partial charge >= 0.3 is 0 Å². The van der Waals surface area contributed by atoms with E-state index in [9.17, 15) is 34.8 Å². The molecule has 0 radical (unpaired) electrons. The summed E-state index contributed by atoms with van der Waals surface area (Å²) in [5.41, 5.74) is 1.48. The summed E-state index contributed by atoms with van der Waals surface area (Å²) < 4.78 is 5.99. The predicted molar refractivity (Wildman–Crippen MR) is 145 cm³/mol. The third-order valence-electron chi connectivity index (χ3n) is 8.36. The Bertz CT molecular complexity index is 1320. The first-order chi connectivity index (χ1) is 18.7. The predicted octanol–water partition coefficient (Wildman–Crippen LogP) is 0.189. The van der Waals surface area contributed by atoms with Crippen molar-refractivity contribution in [2.45, 2.75) is 37.3 Å². The first-order valence-electron chi connectivity index (χ1n) is 13.1. The smallest absolute Gasteiger partial charge is 0.255 e. The van der Waals surface area contributed by atoms with Gasteiger partial charge in [0.2, 0.25) is 5.78 Å². The number of phenolic OH excluding ortho intramolecular Hbond substituents is 1. The van der Waals surface area contributed by atoms with Gasteiger partial charge in [-0.2, -0.15) is 0 Å². The Morgan fingerprint density at radius 1 is 1.12 bits per heavy atom. The number of aromatic hydroxyl groups is 1. The zero-order valence-corrected chi connectivity index (χ0v) is 23.1. The van der Waals surface area contributed by atoms with Crippen LogP contribution in [0.4, 0.5) is 5.69 Å². The Morgan fingerprint density at radius 2 is 1.80 bits per heavy atom. The number of phenols is 1. The van der Waals surface area contributed by atoms with Gasteiger partial charge in [-0.25, -0.2) is 0 Å². The number of hydrogen-bond acceptors (Lipinski definition) is 11. The van der Waals surface area contributed by atoms with Crippen LogP contribution in [0, 0.1) is 11.3 Å². The van der Waals surface area contributed by atoms with Crippen molar-refractivity contribution >= 4 is 28.9 Å². The van der Waals surface area contributed by atoms with Crippen molar-refractivity contribution in [2.75, 3.05) is 52.9 Å². The molecule has 3 aliphatic carbocycles. The van der Waals surface area contributed by atoms with E-state index in [2.05, 4.69) is 0 Å². The maximum atomic E-state index is 14.3. The van der Waals surface area contributed by atoms with Crippen LogP contribution in [-0.2, 0) is 25.5 Å². The summed E-state index contributed by atoms with van der Waals surface area (Å²) in [6.07, 6.45) is 1.03. The van der Waals surface area contributed by atoms with Crippen molar-refractivity contribution in [1.29, 1.82) is 0 Å².